The van der Waals surface area contributed by atoms with Crippen LogP contribution < -0.4 is 5.32 Å². The predicted octanol–water partition coefficient (Wildman–Crippen LogP) is 1.90. The maximum Gasteiger partial charge on any atom is 0.433 e. The van der Waals surface area contributed by atoms with Crippen molar-refractivity contribution in [3.05, 3.63) is 29.7 Å². The van der Waals surface area contributed by atoms with E-state index in [-0.39, 0.29) is 11.7 Å². The van der Waals surface area contributed by atoms with E-state index in [1.54, 1.807) is 13.1 Å². The van der Waals surface area contributed by atoms with Crippen LogP contribution in [0, 0.1) is 0 Å². The third-order valence-electron chi connectivity index (χ3n) is 2.71. The molecule has 0 aromatic carbocycles. The molecule has 18 heavy (non-hydrogen) atoms. The Hall–Kier alpha value is -1.63. The standard InChI is InChI=1S/C11H13F3N4/c1-7(15-2)5-8-6-10-16-4-3-9(11(12,13)14)18(10)17-8/h3-4,6-7,15H,5H2,1-2H3. The van der Waals surface area contributed by atoms with E-state index in [9.17, 15) is 13.2 Å². The van der Waals surface area contributed by atoms with Gasteiger partial charge in [0.2, 0.25) is 0 Å². The van der Waals surface area contributed by atoms with Gasteiger partial charge in [-0.3, -0.25) is 0 Å². The predicted molar refractivity (Wildman–Crippen MR) is 60.2 cm³/mol. The van der Waals surface area contributed by atoms with Crippen LogP contribution in [0.2, 0.25) is 0 Å². The fourth-order valence-corrected chi connectivity index (χ4v) is 1.67. The Morgan fingerprint density at radius 2 is 2.17 bits per heavy atom. The van der Waals surface area contributed by atoms with Gasteiger partial charge in [-0.1, -0.05) is 0 Å². The highest BCUT2D eigenvalue weighted by atomic mass is 19.4. The zero-order chi connectivity index (χ0) is 13.3. The number of fused-ring (bicyclic) bond motifs is 1. The molecule has 2 aromatic rings. The number of nitrogens with zero attached hydrogens (tertiary/aromatic N) is 3. The molecule has 0 spiro atoms. The first kappa shape index (κ1) is 12.8. The van der Waals surface area contributed by atoms with E-state index >= 15 is 0 Å². The molecular formula is C11H13F3N4. The van der Waals surface area contributed by atoms with Crippen molar-refractivity contribution in [2.45, 2.75) is 25.6 Å². The van der Waals surface area contributed by atoms with Crippen LogP contribution in [0.4, 0.5) is 13.2 Å². The number of likely N-dealkylation sites (N-methyl/N-ethyl adjacent to an activating group) is 1. The topological polar surface area (TPSA) is 42.2 Å². The van der Waals surface area contributed by atoms with Gasteiger partial charge in [-0.2, -0.15) is 18.3 Å². The van der Waals surface area contributed by atoms with Crippen molar-refractivity contribution in [3.8, 4) is 0 Å². The zero-order valence-electron chi connectivity index (χ0n) is 9.99. The number of hydrogen-bond acceptors (Lipinski definition) is 3. The van der Waals surface area contributed by atoms with Gasteiger partial charge in [-0.15, -0.1) is 0 Å². The zero-order valence-corrected chi connectivity index (χ0v) is 9.99. The van der Waals surface area contributed by atoms with Gasteiger partial charge in [-0.25, -0.2) is 9.50 Å². The molecule has 2 rings (SSSR count). The molecule has 7 heteroatoms. The van der Waals surface area contributed by atoms with Crippen LogP contribution in [0.5, 0.6) is 0 Å². The Morgan fingerprint density at radius 1 is 1.44 bits per heavy atom. The Bertz CT molecular complexity index is 547. The Kier molecular flexibility index (Phi) is 3.25. The second kappa shape index (κ2) is 4.56. The highest BCUT2D eigenvalue weighted by Crippen LogP contribution is 2.28. The summed E-state index contributed by atoms with van der Waals surface area (Å²) in [5, 5.41) is 6.97. The van der Waals surface area contributed by atoms with E-state index in [0.29, 0.717) is 12.1 Å². The summed E-state index contributed by atoms with van der Waals surface area (Å²) >= 11 is 0. The fourth-order valence-electron chi connectivity index (χ4n) is 1.67. The Balaban J connectivity index is 2.45. The highest BCUT2D eigenvalue weighted by Gasteiger charge is 2.34. The summed E-state index contributed by atoms with van der Waals surface area (Å²) in [5.41, 5.74) is -0.0139. The molecule has 0 saturated carbocycles. The molecule has 1 N–H and O–H groups in total. The van der Waals surface area contributed by atoms with Crippen LogP contribution >= 0.6 is 0 Å². The van der Waals surface area contributed by atoms with Crippen molar-refractivity contribution in [1.29, 1.82) is 0 Å². The molecule has 2 heterocycles. The molecule has 0 bridgehead atoms. The smallest absolute Gasteiger partial charge is 0.317 e. The maximum atomic E-state index is 12.8. The summed E-state index contributed by atoms with van der Waals surface area (Å²) in [6.07, 6.45) is -2.73. The van der Waals surface area contributed by atoms with E-state index in [1.807, 2.05) is 6.92 Å². The number of alkyl halides is 3. The lowest BCUT2D eigenvalue weighted by atomic mass is 10.2. The average molecular weight is 258 g/mol. The van der Waals surface area contributed by atoms with E-state index in [4.69, 9.17) is 0 Å². The summed E-state index contributed by atoms with van der Waals surface area (Å²) in [7, 11) is 1.79. The average Bonchev–Trinajstić information content (AvgIpc) is 2.68. The van der Waals surface area contributed by atoms with E-state index in [2.05, 4.69) is 15.4 Å². The molecule has 0 aliphatic heterocycles. The lowest BCUT2D eigenvalue weighted by Crippen LogP contribution is -2.23. The highest BCUT2D eigenvalue weighted by molar-refractivity contribution is 5.40. The minimum absolute atomic E-state index is 0.143. The van der Waals surface area contributed by atoms with Gasteiger partial charge < -0.3 is 5.32 Å². The molecule has 0 aliphatic rings. The molecule has 4 nitrogen and oxygen atoms in total. The summed E-state index contributed by atoms with van der Waals surface area (Å²) in [6, 6.07) is 2.64. The minimum atomic E-state index is -4.43. The van der Waals surface area contributed by atoms with Gasteiger partial charge in [0, 0.05) is 24.7 Å². The fraction of sp³-hybridized carbons (Fsp3) is 0.455. The first-order chi connectivity index (χ1) is 8.41. The SMILES string of the molecule is CNC(C)Cc1cc2nccc(C(F)(F)F)n2n1. The van der Waals surface area contributed by atoms with Crippen molar-refractivity contribution in [3.63, 3.8) is 0 Å². The number of rotatable bonds is 3. The number of halogens is 3. The van der Waals surface area contributed by atoms with Crippen molar-refractivity contribution < 1.29 is 13.2 Å². The maximum absolute atomic E-state index is 12.8. The van der Waals surface area contributed by atoms with Gasteiger partial charge in [-0.05, 0) is 20.0 Å². The second-order valence-electron chi connectivity index (χ2n) is 4.13. The second-order valence-corrected chi connectivity index (χ2v) is 4.13. The Morgan fingerprint density at radius 3 is 2.78 bits per heavy atom. The van der Waals surface area contributed by atoms with E-state index < -0.39 is 11.9 Å². The summed E-state index contributed by atoms with van der Waals surface area (Å²) in [5.74, 6) is 0. The van der Waals surface area contributed by atoms with Gasteiger partial charge >= 0.3 is 6.18 Å². The van der Waals surface area contributed by atoms with Crippen LogP contribution in [-0.2, 0) is 12.6 Å². The van der Waals surface area contributed by atoms with Crippen LogP contribution in [-0.4, -0.2) is 27.7 Å². The first-order valence-corrected chi connectivity index (χ1v) is 5.50. The van der Waals surface area contributed by atoms with Gasteiger partial charge in [0.05, 0.1) is 5.69 Å². The molecule has 2 aromatic heterocycles. The minimum Gasteiger partial charge on any atom is -0.317 e. The third kappa shape index (κ3) is 2.45. The molecule has 0 saturated heterocycles. The first-order valence-electron chi connectivity index (χ1n) is 5.50. The molecule has 0 radical (unpaired) electrons. The van der Waals surface area contributed by atoms with Crippen molar-refractivity contribution >= 4 is 5.65 Å². The largest absolute Gasteiger partial charge is 0.433 e. The molecule has 1 unspecified atom stereocenters. The molecule has 1 atom stereocenters. The molecule has 0 amide bonds. The monoisotopic (exact) mass is 258 g/mol. The van der Waals surface area contributed by atoms with Crippen LogP contribution in [0.3, 0.4) is 0 Å². The number of aromatic nitrogens is 3. The lowest BCUT2D eigenvalue weighted by Gasteiger charge is -2.08. The van der Waals surface area contributed by atoms with Gasteiger partial charge in [0.25, 0.3) is 0 Å². The van der Waals surface area contributed by atoms with Gasteiger partial charge in [0.1, 0.15) is 5.69 Å². The molecule has 0 fully saturated rings. The van der Waals surface area contributed by atoms with Crippen molar-refractivity contribution in [1.82, 2.24) is 19.9 Å². The van der Waals surface area contributed by atoms with Crippen LogP contribution in [0.15, 0.2) is 18.3 Å². The van der Waals surface area contributed by atoms with E-state index in [0.717, 1.165) is 16.8 Å². The quantitative estimate of drug-likeness (QED) is 0.914. The summed E-state index contributed by atoms with van der Waals surface area (Å²) < 4.78 is 39.1. The van der Waals surface area contributed by atoms with Gasteiger partial charge in [0.15, 0.2) is 5.65 Å². The molecular weight excluding hydrogens is 245 g/mol. The van der Waals surface area contributed by atoms with Crippen molar-refractivity contribution in [2.75, 3.05) is 7.05 Å². The van der Waals surface area contributed by atoms with E-state index in [1.165, 1.54) is 0 Å². The molecule has 98 valence electrons. The Labute approximate surface area is 102 Å². The normalized spacial score (nSPS) is 14.1. The van der Waals surface area contributed by atoms with Crippen LogP contribution in [0.25, 0.3) is 5.65 Å². The summed E-state index contributed by atoms with van der Waals surface area (Å²) in [6.45, 7) is 1.93. The lowest BCUT2D eigenvalue weighted by molar-refractivity contribution is -0.142. The van der Waals surface area contributed by atoms with Crippen LogP contribution in [0.1, 0.15) is 18.3 Å². The number of nitrogens with one attached hydrogen (secondary N) is 1. The third-order valence-corrected chi connectivity index (χ3v) is 2.71. The number of hydrogen-bond donors (Lipinski definition) is 1. The summed E-state index contributed by atoms with van der Waals surface area (Å²) in [4.78, 5) is 3.89. The molecule has 0 aliphatic carbocycles. The van der Waals surface area contributed by atoms with Crippen molar-refractivity contribution in [2.24, 2.45) is 0 Å².